The van der Waals surface area contributed by atoms with Crippen molar-refractivity contribution in [2.75, 3.05) is 6.61 Å². The minimum absolute atomic E-state index is 0.0594. The molecule has 0 spiro atoms. The average molecular weight is 437 g/mol. The van der Waals surface area contributed by atoms with Gasteiger partial charge in [-0.1, -0.05) is 55.0 Å². The third kappa shape index (κ3) is 4.61. The quantitative estimate of drug-likeness (QED) is 0.586. The zero-order valence-electron chi connectivity index (χ0n) is 18.0. The maximum Gasteiger partial charge on any atom is 0.407 e. The summed E-state index contributed by atoms with van der Waals surface area (Å²) in [7, 11) is 0. The summed E-state index contributed by atoms with van der Waals surface area (Å²) in [6.45, 7) is 1.73. The van der Waals surface area contributed by atoms with Gasteiger partial charge in [-0.15, -0.1) is 0 Å². The van der Waals surface area contributed by atoms with E-state index in [0.717, 1.165) is 41.5 Å². The molecule has 2 atom stereocenters. The summed E-state index contributed by atoms with van der Waals surface area (Å²) in [4.78, 5) is 36.1. The van der Waals surface area contributed by atoms with Gasteiger partial charge in [0.2, 0.25) is 5.91 Å². The second-order valence-electron chi connectivity index (χ2n) is 8.60. The molecule has 0 saturated heterocycles. The van der Waals surface area contributed by atoms with Crippen LogP contribution in [0.4, 0.5) is 4.79 Å². The maximum absolute atomic E-state index is 12.5. The second-order valence-corrected chi connectivity index (χ2v) is 8.60. The molecule has 2 aliphatic carbocycles. The first kappa shape index (κ1) is 21.9. The fourth-order valence-corrected chi connectivity index (χ4v) is 4.56. The van der Waals surface area contributed by atoms with Crippen LogP contribution in [-0.2, 0) is 14.3 Å². The topological polar surface area (TPSA) is 105 Å². The highest BCUT2D eigenvalue weighted by Crippen LogP contribution is 2.44. The number of carbonyl (C=O) groups excluding carboxylic acids is 2. The molecule has 168 valence electrons. The Hall–Kier alpha value is -3.35. The van der Waals surface area contributed by atoms with E-state index in [1.54, 1.807) is 6.92 Å². The lowest BCUT2D eigenvalue weighted by Crippen LogP contribution is -2.51. The minimum Gasteiger partial charge on any atom is -0.481 e. The van der Waals surface area contributed by atoms with Gasteiger partial charge < -0.3 is 20.5 Å². The smallest absolute Gasteiger partial charge is 0.407 e. The van der Waals surface area contributed by atoms with Gasteiger partial charge in [-0.2, -0.15) is 0 Å². The number of carboxylic acids is 1. The summed E-state index contributed by atoms with van der Waals surface area (Å²) in [6, 6.07) is 14.9. The molecule has 0 heterocycles. The Bertz CT molecular complexity index is 971. The fourth-order valence-electron chi connectivity index (χ4n) is 4.56. The van der Waals surface area contributed by atoms with E-state index in [1.165, 1.54) is 0 Å². The number of alkyl carbamates (subject to hydrolysis) is 1. The van der Waals surface area contributed by atoms with Gasteiger partial charge >= 0.3 is 12.1 Å². The maximum atomic E-state index is 12.5. The standard InChI is InChI=1S/C25H28N2O5/c1-15(24(30)27-22(13-23(28)29)16-7-6-8-16)26-25(31)32-14-21-19-11-4-2-9-17(19)18-10-3-5-12-20(18)21/h2-5,9-12,15-16,21-22H,6-8,13-14H2,1H3,(H,26,31)(H,27,30)(H,28,29)/t15-,22?/m0/s1. The first-order chi connectivity index (χ1) is 15.4. The Morgan fingerprint density at radius 3 is 2.12 bits per heavy atom. The van der Waals surface area contributed by atoms with E-state index in [-0.39, 0.29) is 24.9 Å². The van der Waals surface area contributed by atoms with Gasteiger partial charge in [0.1, 0.15) is 12.6 Å². The normalized spacial score (nSPS) is 16.8. The molecule has 2 aliphatic rings. The van der Waals surface area contributed by atoms with E-state index in [2.05, 4.69) is 22.8 Å². The minimum atomic E-state index is -0.945. The van der Waals surface area contributed by atoms with Gasteiger partial charge in [0, 0.05) is 12.0 Å². The lowest BCUT2D eigenvalue weighted by atomic mass is 9.78. The van der Waals surface area contributed by atoms with Gasteiger partial charge in [0.25, 0.3) is 0 Å². The van der Waals surface area contributed by atoms with Crippen molar-refractivity contribution in [2.24, 2.45) is 5.92 Å². The van der Waals surface area contributed by atoms with E-state index in [1.807, 2.05) is 36.4 Å². The summed E-state index contributed by atoms with van der Waals surface area (Å²) >= 11 is 0. The van der Waals surface area contributed by atoms with E-state index in [9.17, 15) is 14.4 Å². The van der Waals surface area contributed by atoms with Crippen LogP contribution in [0.5, 0.6) is 0 Å². The van der Waals surface area contributed by atoms with Crippen molar-refractivity contribution in [2.45, 2.75) is 50.6 Å². The van der Waals surface area contributed by atoms with Gasteiger partial charge in [-0.3, -0.25) is 9.59 Å². The van der Waals surface area contributed by atoms with Gasteiger partial charge in [-0.25, -0.2) is 4.79 Å². The third-order valence-electron chi connectivity index (χ3n) is 6.51. The summed E-state index contributed by atoms with van der Waals surface area (Å²) in [5.74, 6) is -1.23. The molecule has 32 heavy (non-hydrogen) atoms. The first-order valence-corrected chi connectivity index (χ1v) is 11.1. The SMILES string of the molecule is C[C@H](NC(=O)OCC1c2ccccc2-c2ccccc21)C(=O)NC(CC(=O)O)C1CCC1. The first-order valence-electron chi connectivity index (χ1n) is 11.1. The Kier molecular flexibility index (Phi) is 6.44. The predicted molar refractivity (Wildman–Crippen MR) is 119 cm³/mol. The van der Waals surface area contributed by atoms with Crippen molar-refractivity contribution >= 4 is 18.0 Å². The summed E-state index contributed by atoms with van der Waals surface area (Å²) < 4.78 is 5.49. The highest BCUT2D eigenvalue weighted by molar-refractivity contribution is 5.86. The van der Waals surface area contributed by atoms with Crippen LogP contribution in [0, 0.1) is 5.92 Å². The monoisotopic (exact) mass is 436 g/mol. The molecule has 7 heteroatoms. The number of amides is 2. The molecule has 1 unspecified atom stereocenters. The van der Waals surface area contributed by atoms with Crippen molar-refractivity contribution in [1.82, 2.24) is 10.6 Å². The van der Waals surface area contributed by atoms with Crippen LogP contribution in [0.2, 0.25) is 0 Å². The highest BCUT2D eigenvalue weighted by Gasteiger charge is 2.32. The van der Waals surface area contributed by atoms with Crippen LogP contribution >= 0.6 is 0 Å². The molecular formula is C25H28N2O5. The van der Waals surface area contributed by atoms with Crippen LogP contribution in [-0.4, -0.2) is 41.8 Å². The molecule has 0 radical (unpaired) electrons. The number of nitrogens with one attached hydrogen (secondary N) is 2. The third-order valence-corrected chi connectivity index (χ3v) is 6.51. The van der Waals surface area contributed by atoms with Crippen molar-refractivity contribution < 1.29 is 24.2 Å². The molecule has 1 fully saturated rings. The molecule has 7 nitrogen and oxygen atoms in total. The largest absolute Gasteiger partial charge is 0.481 e. The molecule has 4 rings (SSSR count). The number of hydrogen-bond donors (Lipinski definition) is 3. The highest BCUT2D eigenvalue weighted by atomic mass is 16.5. The molecule has 0 aromatic heterocycles. The number of fused-ring (bicyclic) bond motifs is 3. The zero-order valence-corrected chi connectivity index (χ0v) is 18.0. The van der Waals surface area contributed by atoms with Crippen molar-refractivity contribution in [3.05, 3.63) is 59.7 Å². The number of rotatable bonds is 8. The molecule has 0 aliphatic heterocycles. The molecule has 0 bridgehead atoms. The molecule has 1 saturated carbocycles. The van der Waals surface area contributed by atoms with Crippen LogP contribution in [0.3, 0.4) is 0 Å². The van der Waals surface area contributed by atoms with Gasteiger partial charge in [0.15, 0.2) is 0 Å². The Labute approximate surface area is 187 Å². The van der Waals surface area contributed by atoms with Gasteiger partial charge in [0.05, 0.1) is 6.42 Å². The summed E-state index contributed by atoms with van der Waals surface area (Å²) in [6.07, 6.45) is 2.07. The Balaban J connectivity index is 1.33. The van der Waals surface area contributed by atoms with E-state index in [4.69, 9.17) is 9.84 Å². The molecule has 2 aromatic carbocycles. The predicted octanol–water partition coefficient (Wildman–Crippen LogP) is 3.67. The number of aliphatic carboxylic acids is 1. The van der Waals surface area contributed by atoms with Crippen molar-refractivity contribution in [3.8, 4) is 11.1 Å². The number of carbonyl (C=O) groups is 3. The number of carboxylic acid groups (broad SMARTS) is 1. The molecule has 2 amide bonds. The zero-order chi connectivity index (χ0) is 22.7. The summed E-state index contributed by atoms with van der Waals surface area (Å²) in [5, 5.41) is 14.5. The van der Waals surface area contributed by atoms with E-state index < -0.39 is 30.1 Å². The number of ether oxygens (including phenoxy) is 1. The fraction of sp³-hybridized carbons (Fsp3) is 0.400. The molecule has 3 N–H and O–H groups in total. The van der Waals surface area contributed by atoms with Crippen LogP contribution in [0.15, 0.2) is 48.5 Å². The second kappa shape index (κ2) is 9.42. The Morgan fingerprint density at radius 1 is 1.00 bits per heavy atom. The average Bonchev–Trinajstić information content (AvgIpc) is 3.04. The lowest BCUT2D eigenvalue weighted by molar-refractivity contribution is -0.138. The van der Waals surface area contributed by atoms with Crippen molar-refractivity contribution in [3.63, 3.8) is 0 Å². The number of hydrogen-bond acceptors (Lipinski definition) is 4. The summed E-state index contributed by atoms with van der Waals surface area (Å²) in [5.41, 5.74) is 4.52. The Morgan fingerprint density at radius 2 is 1.59 bits per heavy atom. The lowest BCUT2D eigenvalue weighted by Gasteiger charge is -2.34. The van der Waals surface area contributed by atoms with Crippen LogP contribution < -0.4 is 10.6 Å². The molecule has 2 aromatic rings. The molecular weight excluding hydrogens is 408 g/mol. The van der Waals surface area contributed by atoms with Crippen molar-refractivity contribution in [1.29, 1.82) is 0 Å². The number of benzene rings is 2. The van der Waals surface area contributed by atoms with Gasteiger partial charge in [-0.05, 0) is 47.9 Å². The van der Waals surface area contributed by atoms with Crippen LogP contribution in [0.1, 0.15) is 49.7 Å². The van der Waals surface area contributed by atoms with Crippen LogP contribution in [0.25, 0.3) is 11.1 Å². The van der Waals surface area contributed by atoms with E-state index in [0.29, 0.717) is 0 Å². The van der Waals surface area contributed by atoms with E-state index >= 15 is 0 Å².